The quantitative estimate of drug-likeness (QED) is 0.859. The minimum Gasteiger partial charge on any atom is -0.381 e. The number of nitrogens with one attached hydrogen (secondary N) is 1. The smallest absolute Gasteiger partial charge is 0.0991 e. The fourth-order valence-electron chi connectivity index (χ4n) is 3.47. The third-order valence-electron chi connectivity index (χ3n) is 4.76. The van der Waals surface area contributed by atoms with Crippen molar-refractivity contribution >= 4 is 0 Å². The number of nitriles is 1. The molecule has 2 atom stereocenters. The van der Waals surface area contributed by atoms with Gasteiger partial charge in [0.25, 0.3) is 0 Å². The van der Waals surface area contributed by atoms with Gasteiger partial charge in [0.15, 0.2) is 0 Å². The maximum absolute atomic E-state index is 8.99. The Kier molecular flexibility index (Phi) is 6.00. The van der Waals surface area contributed by atoms with Crippen LogP contribution >= 0.6 is 0 Å². The molecular weight excluding hydrogens is 290 g/mol. The van der Waals surface area contributed by atoms with E-state index < -0.39 is 0 Å². The fourth-order valence-corrected chi connectivity index (χ4v) is 3.47. The number of ether oxygens (including phenoxy) is 2. The molecular formula is C18H25N3O2. The summed E-state index contributed by atoms with van der Waals surface area (Å²) < 4.78 is 11.1. The molecule has 2 saturated heterocycles. The summed E-state index contributed by atoms with van der Waals surface area (Å²) in [5.74, 6) is 0.603. The summed E-state index contributed by atoms with van der Waals surface area (Å²) in [4.78, 5) is 2.54. The van der Waals surface area contributed by atoms with Gasteiger partial charge in [0.05, 0.1) is 31.5 Å². The van der Waals surface area contributed by atoms with E-state index >= 15 is 0 Å². The Morgan fingerprint density at radius 2 is 2.13 bits per heavy atom. The van der Waals surface area contributed by atoms with E-state index in [0.29, 0.717) is 12.0 Å². The largest absolute Gasteiger partial charge is 0.381 e. The van der Waals surface area contributed by atoms with Crippen LogP contribution in [0, 0.1) is 17.2 Å². The molecule has 5 heteroatoms. The van der Waals surface area contributed by atoms with Gasteiger partial charge in [-0.1, -0.05) is 12.1 Å². The first-order chi connectivity index (χ1) is 11.4. The molecule has 2 aliphatic heterocycles. The maximum Gasteiger partial charge on any atom is 0.0991 e. The summed E-state index contributed by atoms with van der Waals surface area (Å²) in [5, 5.41) is 12.6. The highest BCUT2D eigenvalue weighted by molar-refractivity contribution is 5.32. The highest BCUT2D eigenvalue weighted by Gasteiger charge is 2.31. The topological polar surface area (TPSA) is 57.5 Å². The van der Waals surface area contributed by atoms with Crippen molar-refractivity contribution in [2.75, 3.05) is 46.1 Å². The minimum atomic E-state index is 0.501. The van der Waals surface area contributed by atoms with Gasteiger partial charge in [-0.3, -0.25) is 4.90 Å². The molecule has 0 radical (unpaired) electrons. The molecule has 2 heterocycles. The van der Waals surface area contributed by atoms with E-state index in [1.165, 1.54) is 0 Å². The lowest BCUT2D eigenvalue weighted by atomic mass is 9.96. The van der Waals surface area contributed by atoms with Crippen LogP contribution in [-0.4, -0.2) is 57.0 Å². The second-order valence-corrected chi connectivity index (χ2v) is 6.28. The van der Waals surface area contributed by atoms with Crippen molar-refractivity contribution in [2.24, 2.45) is 5.92 Å². The summed E-state index contributed by atoms with van der Waals surface area (Å²) >= 11 is 0. The lowest BCUT2D eigenvalue weighted by Gasteiger charge is -2.37. The molecule has 23 heavy (non-hydrogen) atoms. The second kappa shape index (κ2) is 8.42. The molecule has 2 fully saturated rings. The molecule has 3 rings (SSSR count). The number of hydrogen-bond acceptors (Lipinski definition) is 5. The first kappa shape index (κ1) is 16.4. The van der Waals surface area contributed by atoms with E-state index in [1.807, 2.05) is 18.2 Å². The van der Waals surface area contributed by atoms with Gasteiger partial charge in [0.1, 0.15) is 0 Å². The Morgan fingerprint density at radius 1 is 1.26 bits per heavy atom. The Balaban J connectivity index is 1.56. The number of nitrogens with zero attached hydrogens (tertiary/aromatic N) is 2. The number of rotatable bonds is 6. The first-order valence-electron chi connectivity index (χ1n) is 8.46. The SMILES string of the molecule is N#Cc1cccc(CNC[C@@H]([C@@H]2CCOC2)N2CCOCC2)c1. The molecule has 1 aromatic carbocycles. The highest BCUT2D eigenvalue weighted by atomic mass is 16.5. The van der Waals surface area contributed by atoms with E-state index in [4.69, 9.17) is 14.7 Å². The third-order valence-corrected chi connectivity index (χ3v) is 4.76. The van der Waals surface area contributed by atoms with Crippen molar-refractivity contribution in [1.82, 2.24) is 10.2 Å². The van der Waals surface area contributed by atoms with Gasteiger partial charge in [-0.15, -0.1) is 0 Å². The molecule has 0 spiro atoms. The predicted molar refractivity (Wildman–Crippen MR) is 88.0 cm³/mol. The zero-order valence-corrected chi connectivity index (χ0v) is 13.5. The summed E-state index contributed by atoms with van der Waals surface area (Å²) in [7, 11) is 0. The van der Waals surface area contributed by atoms with Crippen LogP contribution in [0.3, 0.4) is 0 Å². The van der Waals surface area contributed by atoms with E-state index in [-0.39, 0.29) is 0 Å². The van der Waals surface area contributed by atoms with Crippen molar-refractivity contribution in [2.45, 2.75) is 19.0 Å². The van der Waals surface area contributed by atoms with E-state index in [1.54, 1.807) is 0 Å². The summed E-state index contributed by atoms with van der Waals surface area (Å²) in [6, 6.07) is 10.5. The first-order valence-corrected chi connectivity index (χ1v) is 8.46. The van der Waals surface area contributed by atoms with Crippen LogP contribution in [0.5, 0.6) is 0 Å². The van der Waals surface area contributed by atoms with Gasteiger partial charge < -0.3 is 14.8 Å². The Morgan fingerprint density at radius 3 is 2.87 bits per heavy atom. The normalized spacial score (nSPS) is 23.5. The van der Waals surface area contributed by atoms with Crippen molar-refractivity contribution in [3.63, 3.8) is 0 Å². The zero-order chi connectivity index (χ0) is 15.9. The van der Waals surface area contributed by atoms with Crippen LogP contribution in [0.15, 0.2) is 24.3 Å². The van der Waals surface area contributed by atoms with Gasteiger partial charge in [-0.05, 0) is 24.1 Å². The molecule has 0 aromatic heterocycles. The number of benzene rings is 1. The molecule has 1 N–H and O–H groups in total. The molecule has 0 aliphatic carbocycles. The van der Waals surface area contributed by atoms with E-state index in [2.05, 4.69) is 22.4 Å². The van der Waals surface area contributed by atoms with Crippen molar-refractivity contribution in [3.8, 4) is 6.07 Å². The molecule has 0 amide bonds. The lowest BCUT2D eigenvalue weighted by Crippen LogP contribution is -2.51. The third kappa shape index (κ3) is 4.52. The van der Waals surface area contributed by atoms with Crippen LogP contribution in [0.1, 0.15) is 17.5 Å². The van der Waals surface area contributed by atoms with E-state index in [0.717, 1.165) is 70.2 Å². The average molecular weight is 315 g/mol. The van der Waals surface area contributed by atoms with Crippen molar-refractivity contribution in [3.05, 3.63) is 35.4 Å². The minimum absolute atomic E-state index is 0.501. The van der Waals surface area contributed by atoms with Crippen LogP contribution in [0.4, 0.5) is 0 Å². The summed E-state index contributed by atoms with van der Waals surface area (Å²) in [5.41, 5.74) is 1.88. The van der Waals surface area contributed by atoms with Gasteiger partial charge >= 0.3 is 0 Å². The summed E-state index contributed by atoms with van der Waals surface area (Å²) in [6.07, 6.45) is 1.15. The maximum atomic E-state index is 8.99. The lowest BCUT2D eigenvalue weighted by molar-refractivity contribution is 0.00137. The average Bonchev–Trinajstić information content (AvgIpc) is 3.14. The number of hydrogen-bond donors (Lipinski definition) is 1. The van der Waals surface area contributed by atoms with Gasteiger partial charge in [0, 0.05) is 44.7 Å². The Hall–Kier alpha value is -1.45. The van der Waals surface area contributed by atoms with Crippen LogP contribution in [0.25, 0.3) is 0 Å². The molecule has 5 nitrogen and oxygen atoms in total. The molecule has 2 aliphatic rings. The van der Waals surface area contributed by atoms with Gasteiger partial charge in [-0.2, -0.15) is 5.26 Å². The molecule has 124 valence electrons. The second-order valence-electron chi connectivity index (χ2n) is 6.28. The molecule has 0 unspecified atom stereocenters. The van der Waals surface area contributed by atoms with Crippen molar-refractivity contribution < 1.29 is 9.47 Å². The van der Waals surface area contributed by atoms with Crippen LogP contribution < -0.4 is 5.32 Å². The fraction of sp³-hybridized carbons (Fsp3) is 0.611. The predicted octanol–water partition coefficient (Wildman–Crippen LogP) is 1.39. The van der Waals surface area contributed by atoms with Crippen molar-refractivity contribution in [1.29, 1.82) is 5.26 Å². The molecule has 0 bridgehead atoms. The standard InChI is InChI=1S/C18H25N3O2/c19-11-15-2-1-3-16(10-15)12-20-13-18(17-4-7-23-14-17)21-5-8-22-9-6-21/h1-3,10,17-18,20H,4-9,12-14H2/t17-,18+/m1/s1. The number of morpholine rings is 1. The van der Waals surface area contributed by atoms with Crippen LogP contribution in [-0.2, 0) is 16.0 Å². The van der Waals surface area contributed by atoms with E-state index in [9.17, 15) is 0 Å². The molecule has 0 saturated carbocycles. The monoisotopic (exact) mass is 315 g/mol. The Labute approximate surface area is 138 Å². The summed E-state index contributed by atoms with van der Waals surface area (Å²) in [6.45, 7) is 7.17. The zero-order valence-electron chi connectivity index (χ0n) is 13.5. The molecule has 1 aromatic rings. The van der Waals surface area contributed by atoms with Crippen LogP contribution in [0.2, 0.25) is 0 Å². The Bertz CT molecular complexity index is 531. The highest BCUT2D eigenvalue weighted by Crippen LogP contribution is 2.22. The van der Waals surface area contributed by atoms with Gasteiger partial charge in [-0.25, -0.2) is 0 Å². The van der Waals surface area contributed by atoms with Gasteiger partial charge in [0.2, 0.25) is 0 Å².